The Kier molecular flexibility index (Phi) is 3.48. The molecule has 0 N–H and O–H groups in total. The van der Waals surface area contributed by atoms with Crippen LogP contribution in [-0.4, -0.2) is 42.1 Å². The summed E-state index contributed by atoms with van der Waals surface area (Å²) in [7, 11) is 0. The summed E-state index contributed by atoms with van der Waals surface area (Å²) in [6.07, 6.45) is 2.78. The second kappa shape index (κ2) is 4.92. The largest absolute Gasteiger partial charge is 0.345 e. The number of piperazine rings is 1. The van der Waals surface area contributed by atoms with Gasteiger partial charge in [-0.3, -0.25) is 4.90 Å². The third kappa shape index (κ3) is 2.55. The molecule has 6 heteroatoms. The zero-order chi connectivity index (χ0) is 11.8. The summed E-state index contributed by atoms with van der Waals surface area (Å²) in [4.78, 5) is 10.3. The average Bonchev–Trinajstić information content (AvgIpc) is 3.13. The summed E-state index contributed by atoms with van der Waals surface area (Å²) < 4.78 is 0. The van der Waals surface area contributed by atoms with E-state index in [-0.39, 0.29) is 0 Å². The van der Waals surface area contributed by atoms with Crippen LogP contribution in [0.15, 0.2) is 0 Å². The first-order valence-electron chi connectivity index (χ1n) is 5.98. The minimum atomic E-state index is 0.457. The fraction of sp³-hybridized carbons (Fsp3) is 0.727. The van der Waals surface area contributed by atoms with E-state index >= 15 is 0 Å². The van der Waals surface area contributed by atoms with Crippen molar-refractivity contribution in [3.05, 3.63) is 10.0 Å². The zero-order valence-corrected chi connectivity index (χ0v) is 11.9. The fourth-order valence-corrected chi connectivity index (χ4v) is 3.78. The number of aromatic nitrogens is 1. The Morgan fingerprint density at radius 3 is 2.47 bits per heavy atom. The molecule has 17 heavy (non-hydrogen) atoms. The molecule has 3 nitrogen and oxygen atoms in total. The van der Waals surface area contributed by atoms with Crippen LogP contribution in [0.1, 0.15) is 17.7 Å². The van der Waals surface area contributed by atoms with Crippen LogP contribution in [0.25, 0.3) is 0 Å². The van der Waals surface area contributed by atoms with Crippen LogP contribution >= 0.6 is 34.5 Å². The van der Waals surface area contributed by atoms with Crippen LogP contribution in [0.4, 0.5) is 5.13 Å². The highest BCUT2D eigenvalue weighted by atomic mass is 35.5. The number of thiazole rings is 1. The van der Waals surface area contributed by atoms with Crippen LogP contribution in [0.3, 0.4) is 0 Å². The lowest BCUT2D eigenvalue weighted by Crippen LogP contribution is -2.47. The van der Waals surface area contributed by atoms with Gasteiger partial charge < -0.3 is 4.90 Å². The van der Waals surface area contributed by atoms with Crippen molar-refractivity contribution in [1.82, 2.24) is 9.88 Å². The van der Waals surface area contributed by atoms with Crippen molar-refractivity contribution in [2.75, 3.05) is 31.1 Å². The Morgan fingerprint density at radius 1 is 1.24 bits per heavy atom. The Hall–Kier alpha value is -0.0300. The molecular formula is C11H15Cl2N3S. The van der Waals surface area contributed by atoms with E-state index in [0.717, 1.165) is 42.2 Å². The third-order valence-electron chi connectivity index (χ3n) is 3.41. The Labute approximate surface area is 115 Å². The SMILES string of the molecule is ClCc1sc(N2CCN(C3CC3)CC2)nc1Cl. The van der Waals surface area contributed by atoms with E-state index < -0.39 is 0 Å². The summed E-state index contributed by atoms with van der Waals surface area (Å²) in [5.41, 5.74) is 0. The molecule has 2 aliphatic rings. The Balaban J connectivity index is 1.64. The molecule has 0 aromatic carbocycles. The smallest absolute Gasteiger partial charge is 0.187 e. The van der Waals surface area contributed by atoms with Gasteiger partial charge in [0.05, 0.1) is 10.8 Å². The van der Waals surface area contributed by atoms with Gasteiger partial charge in [-0.1, -0.05) is 22.9 Å². The number of nitrogens with zero attached hydrogens (tertiary/aromatic N) is 3. The molecule has 0 amide bonds. The predicted octanol–water partition coefficient (Wildman–Crippen LogP) is 2.82. The zero-order valence-electron chi connectivity index (χ0n) is 9.53. The number of anilines is 1. The Morgan fingerprint density at radius 2 is 1.94 bits per heavy atom. The van der Waals surface area contributed by atoms with Crippen molar-refractivity contribution in [1.29, 1.82) is 0 Å². The van der Waals surface area contributed by atoms with E-state index in [9.17, 15) is 0 Å². The van der Waals surface area contributed by atoms with Crippen LogP contribution in [0.2, 0.25) is 5.15 Å². The molecule has 1 saturated carbocycles. The lowest BCUT2D eigenvalue weighted by molar-refractivity contribution is 0.248. The molecule has 94 valence electrons. The topological polar surface area (TPSA) is 19.4 Å². The van der Waals surface area contributed by atoms with Gasteiger partial charge in [0.25, 0.3) is 0 Å². The molecule has 0 atom stereocenters. The number of rotatable bonds is 3. The molecule has 3 rings (SSSR count). The van der Waals surface area contributed by atoms with E-state index in [1.807, 2.05) is 0 Å². The number of hydrogen-bond donors (Lipinski definition) is 0. The van der Waals surface area contributed by atoms with Crippen molar-refractivity contribution >= 4 is 39.7 Å². The maximum absolute atomic E-state index is 6.03. The van der Waals surface area contributed by atoms with Gasteiger partial charge in [-0.15, -0.1) is 11.6 Å². The first-order chi connectivity index (χ1) is 8.28. The van der Waals surface area contributed by atoms with Crippen LogP contribution in [-0.2, 0) is 5.88 Å². The van der Waals surface area contributed by atoms with Crippen molar-refractivity contribution in [3.63, 3.8) is 0 Å². The number of hydrogen-bond acceptors (Lipinski definition) is 4. The summed E-state index contributed by atoms with van der Waals surface area (Å²) in [6.45, 7) is 4.42. The molecule has 0 bridgehead atoms. The van der Waals surface area contributed by atoms with Gasteiger partial charge in [-0.2, -0.15) is 0 Å². The monoisotopic (exact) mass is 291 g/mol. The second-order valence-electron chi connectivity index (χ2n) is 4.60. The lowest BCUT2D eigenvalue weighted by Gasteiger charge is -2.34. The van der Waals surface area contributed by atoms with Gasteiger partial charge in [-0.05, 0) is 12.8 Å². The van der Waals surface area contributed by atoms with Gasteiger partial charge in [0.1, 0.15) is 5.15 Å². The summed E-state index contributed by atoms with van der Waals surface area (Å²) >= 11 is 13.5. The predicted molar refractivity (Wildman–Crippen MR) is 73.5 cm³/mol. The highest BCUT2D eigenvalue weighted by Gasteiger charge is 2.31. The van der Waals surface area contributed by atoms with Gasteiger partial charge in [-0.25, -0.2) is 4.98 Å². The summed E-state index contributed by atoms with van der Waals surface area (Å²) in [5, 5.41) is 1.60. The molecule has 0 radical (unpaired) electrons. The summed E-state index contributed by atoms with van der Waals surface area (Å²) in [5.74, 6) is 0.457. The van der Waals surface area contributed by atoms with Gasteiger partial charge in [0.15, 0.2) is 5.13 Å². The number of alkyl halides is 1. The van der Waals surface area contributed by atoms with Gasteiger partial charge in [0, 0.05) is 32.2 Å². The normalized spacial score (nSPS) is 22.1. The van der Waals surface area contributed by atoms with Gasteiger partial charge >= 0.3 is 0 Å². The highest BCUT2D eigenvalue weighted by molar-refractivity contribution is 7.16. The molecule has 2 heterocycles. The lowest BCUT2D eigenvalue weighted by atomic mass is 10.3. The molecule has 2 fully saturated rings. The van der Waals surface area contributed by atoms with E-state index in [1.165, 1.54) is 12.8 Å². The molecular weight excluding hydrogens is 277 g/mol. The van der Waals surface area contributed by atoms with Crippen LogP contribution in [0, 0.1) is 0 Å². The molecule has 0 unspecified atom stereocenters. The first-order valence-corrected chi connectivity index (χ1v) is 7.71. The maximum Gasteiger partial charge on any atom is 0.187 e. The van der Waals surface area contributed by atoms with Crippen LogP contribution < -0.4 is 4.90 Å². The van der Waals surface area contributed by atoms with E-state index in [2.05, 4.69) is 14.8 Å². The van der Waals surface area contributed by atoms with Crippen molar-refractivity contribution < 1.29 is 0 Å². The maximum atomic E-state index is 6.03. The van der Waals surface area contributed by atoms with E-state index in [4.69, 9.17) is 23.2 Å². The molecule has 1 saturated heterocycles. The molecule has 0 spiro atoms. The summed E-state index contributed by atoms with van der Waals surface area (Å²) in [6, 6.07) is 0.871. The Bertz CT molecular complexity index is 397. The molecule has 1 aromatic rings. The quantitative estimate of drug-likeness (QED) is 0.799. The van der Waals surface area contributed by atoms with Crippen molar-refractivity contribution in [2.24, 2.45) is 0 Å². The van der Waals surface area contributed by atoms with E-state index in [1.54, 1.807) is 11.3 Å². The van der Waals surface area contributed by atoms with Crippen molar-refractivity contribution in [2.45, 2.75) is 24.8 Å². The first kappa shape index (κ1) is 12.0. The molecule has 1 aliphatic heterocycles. The molecule has 1 aromatic heterocycles. The minimum Gasteiger partial charge on any atom is -0.345 e. The minimum absolute atomic E-state index is 0.457. The second-order valence-corrected chi connectivity index (χ2v) is 6.29. The standard InChI is InChI=1S/C11H15Cl2N3S/c12-7-9-10(13)14-11(17-9)16-5-3-15(4-6-16)8-1-2-8/h8H,1-7H2. The van der Waals surface area contributed by atoms with Crippen molar-refractivity contribution in [3.8, 4) is 0 Å². The third-order valence-corrected chi connectivity index (χ3v) is 5.37. The molecule has 1 aliphatic carbocycles. The van der Waals surface area contributed by atoms with E-state index in [0.29, 0.717) is 11.0 Å². The average molecular weight is 292 g/mol. The fourth-order valence-electron chi connectivity index (χ4n) is 2.26. The van der Waals surface area contributed by atoms with Gasteiger partial charge in [0.2, 0.25) is 0 Å². The van der Waals surface area contributed by atoms with Crippen LogP contribution in [0.5, 0.6) is 0 Å². The highest BCUT2D eigenvalue weighted by Crippen LogP contribution is 2.33. The number of halogens is 2.